The molecule has 0 saturated heterocycles. The van der Waals surface area contributed by atoms with Gasteiger partial charge in [0, 0.05) is 34.5 Å². The molecule has 0 unspecified atom stereocenters. The molecule has 0 saturated carbocycles. The van der Waals surface area contributed by atoms with Crippen LogP contribution >= 0.6 is 27.3 Å². The molecule has 0 spiro atoms. The number of ether oxygens (including phenoxy) is 1. The van der Waals surface area contributed by atoms with Gasteiger partial charge in [-0.1, -0.05) is 0 Å². The first-order valence-corrected chi connectivity index (χ1v) is 6.51. The Morgan fingerprint density at radius 2 is 2.43 bits per heavy atom. The van der Waals surface area contributed by atoms with E-state index in [0.717, 1.165) is 32.7 Å². The third kappa shape index (κ3) is 5.10. The molecule has 1 heterocycles. The number of nitrogens with one attached hydrogen (secondary N) is 1. The van der Waals surface area contributed by atoms with E-state index in [4.69, 9.17) is 4.74 Å². The lowest BCUT2D eigenvalue weighted by Crippen LogP contribution is -2.15. The van der Waals surface area contributed by atoms with Crippen molar-refractivity contribution in [3.63, 3.8) is 0 Å². The molecule has 0 aliphatic rings. The molecule has 1 N–H and O–H groups in total. The Hall–Kier alpha value is 0.1000. The molecule has 1 aromatic heterocycles. The number of hydrogen-bond acceptors (Lipinski definition) is 3. The minimum absolute atomic E-state index is 0.817. The van der Waals surface area contributed by atoms with Crippen LogP contribution in [0.25, 0.3) is 0 Å². The van der Waals surface area contributed by atoms with Crippen molar-refractivity contribution in [3.8, 4) is 0 Å². The Balaban J connectivity index is 1.99. The number of halogens is 1. The molecule has 0 aliphatic carbocycles. The zero-order valence-corrected chi connectivity index (χ0v) is 10.8. The van der Waals surface area contributed by atoms with Crippen molar-refractivity contribution >= 4 is 27.3 Å². The summed E-state index contributed by atoms with van der Waals surface area (Å²) >= 11 is 5.22. The summed E-state index contributed by atoms with van der Waals surface area (Å²) in [5.41, 5.74) is 0. The average molecular weight is 278 g/mol. The highest BCUT2D eigenvalue weighted by molar-refractivity contribution is 9.10. The molecule has 0 amide bonds. The van der Waals surface area contributed by atoms with Gasteiger partial charge in [0.1, 0.15) is 0 Å². The third-order valence-corrected chi connectivity index (χ3v) is 3.46. The Kier molecular flexibility index (Phi) is 6.43. The zero-order valence-electron chi connectivity index (χ0n) is 8.38. The first kappa shape index (κ1) is 12.2. The molecule has 0 bridgehead atoms. The maximum Gasteiger partial charge on any atom is 0.0477 e. The summed E-state index contributed by atoms with van der Waals surface area (Å²) in [6.07, 6.45) is 1.08. The largest absolute Gasteiger partial charge is 0.382 e. The highest BCUT2D eigenvalue weighted by Gasteiger charge is 1.96. The molecule has 4 heteroatoms. The van der Waals surface area contributed by atoms with Gasteiger partial charge < -0.3 is 10.1 Å². The molecule has 14 heavy (non-hydrogen) atoms. The van der Waals surface area contributed by atoms with Crippen LogP contribution in [-0.2, 0) is 11.3 Å². The van der Waals surface area contributed by atoms with Crippen molar-refractivity contribution < 1.29 is 4.74 Å². The maximum atomic E-state index is 5.24. The molecular formula is C10H16BrNOS. The summed E-state index contributed by atoms with van der Waals surface area (Å²) < 4.78 is 6.42. The third-order valence-electron chi connectivity index (χ3n) is 1.77. The van der Waals surface area contributed by atoms with Crippen LogP contribution in [0.3, 0.4) is 0 Å². The summed E-state index contributed by atoms with van der Waals surface area (Å²) in [4.78, 5) is 1.37. The van der Waals surface area contributed by atoms with Crippen molar-refractivity contribution in [3.05, 3.63) is 20.8 Å². The fourth-order valence-corrected chi connectivity index (χ4v) is 2.52. The molecule has 0 aromatic carbocycles. The fourth-order valence-electron chi connectivity index (χ4n) is 1.10. The molecule has 1 aromatic rings. The summed E-state index contributed by atoms with van der Waals surface area (Å²) in [6, 6.07) is 2.15. The molecule has 0 atom stereocenters. The molecule has 80 valence electrons. The van der Waals surface area contributed by atoms with Crippen molar-refractivity contribution in [1.82, 2.24) is 5.32 Å². The van der Waals surface area contributed by atoms with Gasteiger partial charge in [-0.25, -0.2) is 0 Å². The van der Waals surface area contributed by atoms with E-state index >= 15 is 0 Å². The predicted octanol–water partition coefficient (Wildman–Crippen LogP) is 3.03. The normalized spacial score (nSPS) is 10.7. The van der Waals surface area contributed by atoms with Gasteiger partial charge in [-0.15, -0.1) is 11.3 Å². The van der Waals surface area contributed by atoms with Gasteiger partial charge in [-0.2, -0.15) is 0 Å². The lowest BCUT2D eigenvalue weighted by Gasteiger charge is -2.02. The molecular weight excluding hydrogens is 262 g/mol. The van der Waals surface area contributed by atoms with Crippen LogP contribution in [0, 0.1) is 0 Å². The summed E-state index contributed by atoms with van der Waals surface area (Å²) in [6.45, 7) is 5.68. The van der Waals surface area contributed by atoms with Crippen LogP contribution in [-0.4, -0.2) is 19.8 Å². The summed E-state index contributed by atoms with van der Waals surface area (Å²) in [7, 11) is 0. The van der Waals surface area contributed by atoms with E-state index in [1.165, 1.54) is 9.35 Å². The van der Waals surface area contributed by atoms with Crippen LogP contribution in [0.15, 0.2) is 15.9 Å². The van der Waals surface area contributed by atoms with Gasteiger partial charge in [0.2, 0.25) is 0 Å². The van der Waals surface area contributed by atoms with E-state index in [9.17, 15) is 0 Å². The van der Waals surface area contributed by atoms with Crippen molar-refractivity contribution in [2.45, 2.75) is 19.9 Å². The first-order chi connectivity index (χ1) is 6.83. The Labute approximate surface area is 97.8 Å². The fraction of sp³-hybridized carbons (Fsp3) is 0.600. The molecule has 0 aliphatic heterocycles. The molecule has 2 nitrogen and oxygen atoms in total. The topological polar surface area (TPSA) is 21.3 Å². The minimum atomic E-state index is 0.817. The van der Waals surface area contributed by atoms with Crippen LogP contribution in [0.5, 0.6) is 0 Å². The van der Waals surface area contributed by atoms with Crippen LogP contribution in [0.4, 0.5) is 0 Å². The van der Waals surface area contributed by atoms with Crippen LogP contribution in [0.1, 0.15) is 18.2 Å². The smallest absolute Gasteiger partial charge is 0.0477 e. The van der Waals surface area contributed by atoms with Gasteiger partial charge >= 0.3 is 0 Å². The quantitative estimate of drug-likeness (QED) is 0.774. The van der Waals surface area contributed by atoms with E-state index < -0.39 is 0 Å². The molecule has 0 fully saturated rings. The van der Waals surface area contributed by atoms with Gasteiger partial charge in [-0.05, 0) is 41.9 Å². The Bertz CT molecular complexity index is 252. The SMILES string of the molecule is CCOCCCNCc1cc(Br)cs1. The zero-order chi connectivity index (χ0) is 10.2. The number of thiophene rings is 1. The lowest BCUT2D eigenvalue weighted by molar-refractivity contribution is 0.144. The number of rotatable bonds is 7. The highest BCUT2D eigenvalue weighted by Crippen LogP contribution is 2.19. The van der Waals surface area contributed by atoms with Gasteiger partial charge in [-0.3, -0.25) is 0 Å². The van der Waals surface area contributed by atoms with Gasteiger partial charge in [0.25, 0.3) is 0 Å². The second kappa shape index (κ2) is 7.40. The summed E-state index contributed by atoms with van der Waals surface area (Å²) in [5, 5.41) is 5.49. The monoisotopic (exact) mass is 277 g/mol. The second-order valence-corrected chi connectivity index (χ2v) is 4.87. The lowest BCUT2D eigenvalue weighted by atomic mass is 10.4. The van der Waals surface area contributed by atoms with Crippen molar-refractivity contribution in [2.24, 2.45) is 0 Å². The van der Waals surface area contributed by atoms with Crippen molar-refractivity contribution in [2.75, 3.05) is 19.8 Å². The minimum Gasteiger partial charge on any atom is -0.382 e. The maximum absolute atomic E-state index is 5.24. The summed E-state index contributed by atoms with van der Waals surface area (Å²) in [5.74, 6) is 0. The molecule has 1 rings (SSSR count). The number of hydrogen-bond donors (Lipinski definition) is 1. The Morgan fingerprint density at radius 1 is 1.57 bits per heavy atom. The molecule has 0 radical (unpaired) electrons. The second-order valence-electron chi connectivity index (χ2n) is 2.96. The highest BCUT2D eigenvalue weighted by atomic mass is 79.9. The van der Waals surface area contributed by atoms with Crippen molar-refractivity contribution in [1.29, 1.82) is 0 Å². The predicted molar refractivity (Wildman–Crippen MR) is 64.8 cm³/mol. The Morgan fingerprint density at radius 3 is 3.07 bits per heavy atom. The van der Waals surface area contributed by atoms with E-state index in [1.54, 1.807) is 11.3 Å². The first-order valence-electron chi connectivity index (χ1n) is 4.84. The van der Waals surface area contributed by atoms with Crippen LogP contribution in [0.2, 0.25) is 0 Å². The van der Waals surface area contributed by atoms with E-state index in [1.807, 2.05) is 6.92 Å². The standard InChI is InChI=1S/C10H16BrNOS/c1-2-13-5-3-4-12-7-10-6-9(11)8-14-10/h6,8,12H,2-5,7H2,1H3. The van der Waals surface area contributed by atoms with Gasteiger partial charge in [0.15, 0.2) is 0 Å². The van der Waals surface area contributed by atoms with Gasteiger partial charge in [0.05, 0.1) is 0 Å². The van der Waals surface area contributed by atoms with E-state index in [2.05, 4.69) is 32.7 Å². The van der Waals surface area contributed by atoms with Crippen LogP contribution < -0.4 is 5.32 Å². The average Bonchev–Trinajstić information content (AvgIpc) is 2.58. The van der Waals surface area contributed by atoms with E-state index in [0.29, 0.717) is 0 Å². The van der Waals surface area contributed by atoms with E-state index in [-0.39, 0.29) is 0 Å².